The van der Waals surface area contributed by atoms with Crippen molar-refractivity contribution in [2.75, 3.05) is 5.75 Å². The Morgan fingerprint density at radius 2 is 1.59 bits per heavy atom. The van der Waals surface area contributed by atoms with Crippen molar-refractivity contribution < 1.29 is 13.6 Å². The largest absolute Gasteiger partial charge is 0.293 e. The Labute approximate surface area is 170 Å². The minimum absolute atomic E-state index is 0.0778. The molecule has 0 atom stereocenters. The van der Waals surface area contributed by atoms with E-state index in [0.29, 0.717) is 16.5 Å². The van der Waals surface area contributed by atoms with Crippen molar-refractivity contribution in [3.05, 3.63) is 96.1 Å². The van der Waals surface area contributed by atoms with E-state index in [0.717, 1.165) is 23.4 Å². The molecule has 0 aliphatic carbocycles. The minimum atomic E-state index is -0.738. The predicted octanol–water partition coefficient (Wildman–Crippen LogP) is 5.19. The number of nitrogens with zero attached hydrogens (tertiary/aromatic N) is 3. The summed E-state index contributed by atoms with van der Waals surface area (Å²) in [5, 5.41) is 8.70. The van der Waals surface area contributed by atoms with Crippen LogP contribution in [0.5, 0.6) is 0 Å². The number of carbonyl (C=O) groups excluding carboxylic acids is 1. The quantitative estimate of drug-likeness (QED) is 0.326. The van der Waals surface area contributed by atoms with Gasteiger partial charge in [0.1, 0.15) is 11.6 Å². The number of carbonyl (C=O) groups is 1. The van der Waals surface area contributed by atoms with Crippen LogP contribution in [0.2, 0.25) is 0 Å². The van der Waals surface area contributed by atoms with E-state index in [-0.39, 0.29) is 17.2 Å². The summed E-state index contributed by atoms with van der Waals surface area (Å²) in [6.45, 7) is 0. The molecule has 0 radical (unpaired) electrons. The van der Waals surface area contributed by atoms with Gasteiger partial charge >= 0.3 is 0 Å². The highest BCUT2D eigenvalue weighted by atomic mass is 32.2. The number of benzene rings is 3. The maximum atomic E-state index is 14.6. The molecule has 4 aromatic rings. The molecular formula is C22H15F2N3OS. The summed E-state index contributed by atoms with van der Waals surface area (Å²) in [4.78, 5) is 12.5. The third-order valence-corrected chi connectivity index (χ3v) is 5.17. The first-order chi connectivity index (χ1) is 14.1. The first kappa shape index (κ1) is 19.0. The highest BCUT2D eigenvalue weighted by Gasteiger charge is 2.20. The van der Waals surface area contributed by atoms with E-state index in [9.17, 15) is 13.6 Å². The number of hydrogen-bond acceptors (Lipinski definition) is 4. The van der Waals surface area contributed by atoms with Crippen molar-refractivity contribution in [1.29, 1.82) is 0 Å². The molecule has 0 bridgehead atoms. The van der Waals surface area contributed by atoms with Crippen LogP contribution in [0, 0.1) is 11.6 Å². The van der Waals surface area contributed by atoms with Gasteiger partial charge in [0.05, 0.1) is 11.4 Å². The van der Waals surface area contributed by atoms with Crippen molar-refractivity contribution in [2.24, 2.45) is 0 Å². The molecule has 1 aromatic heterocycles. The monoisotopic (exact) mass is 407 g/mol. The fraction of sp³-hybridized carbons (Fsp3) is 0.0455. The Kier molecular flexibility index (Phi) is 5.48. The second-order valence-corrected chi connectivity index (χ2v) is 7.12. The van der Waals surface area contributed by atoms with Crippen LogP contribution in [0.25, 0.3) is 17.1 Å². The van der Waals surface area contributed by atoms with Crippen molar-refractivity contribution in [3.8, 4) is 17.1 Å². The molecule has 0 saturated heterocycles. The Morgan fingerprint density at radius 1 is 0.897 bits per heavy atom. The van der Waals surface area contributed by atoms with Crippen LogP contribution >= 0.6 is 11.8 Å². The van der Waals surface area contributed by atoms with E-state index in [1.807, 2.05) is 36.4 Å². The summed E-state index contributed by atoms with van der Waals surface area (Å²) in [6, 6.07) is 21.4. The van der Waals surface area contributed by atoms with Crippen molar-refractivity contribution in [3.63, 3.8) is 0 Å². The molecule has 0 spiro atoms. The molecule has 29 heavy (non-hydrogen) atoms. The molecule has 3 aromatic carbocycles. The average molecular weight is 407 g/mol. The molecule has 0 N–H and O–H groups in total. The van der Waals surface area contributed by atoms with Crippen LogP contribution in [-0.2, 0) is 0 Å². The van der Waals surface area contributed by atoms with Crippen LogP contribution in [0.4, 0.5) is 8.78 Å². The molecule has 0 aliphatic rings. The summed E-state index contributed by atoms with van der Waals surface area (Å²) in [5.74, 6) is -0.969. The lowest BCUT2D eigenvalue weighted by atomic mass is 10.2. The van der Waals surface area contributed by atoms with E-state index < -0.39 is 11.6 Å². The molecule has 0 fully saturated rings. The molecule has 0 unspecified atom stereocenters. The standard InChI is InChI=1S/C22H15F2N3OS/c23-17-11-12-19(18(24)13-17)27-21(16-9-5-2-6-10-16)25-26-22(27)29-14-20(28)15-7-3-1-4-8-15/h1-13H,14H2. The second-order valence-electron chi connectivity index (χ2n) is 6.18. The Morgan fingerprint density at radius 3 is 2.28 bits per heavy atom. The third-order valence-electron chi connectivity index (χ3n) is 4.24. The number of halogens is 2. The van der Waals surface area contributed by atoms with Crippen molar-refractivity contribution >= 4 is 17.5 Å². The van der Waals surface area contributed by atoms with E-state index in [4.69, 9.17) is 0 Å². The lowest BCUT2D eigenvalue weighted by Gasteiger charge is -2.11. The van der Waals surface area contributed by atoms with E-state index in [2.05, 4.69) is 10.2 Å². The number of hydrogen-bond donors (Lipinski definition) is 0. The summed E-state index contributed by atoms with van der Waals surface area (Å²) in [7, 11) is 0. The fourth-order valence-corrected chi connectivity index (χ4v) is 3.69. The number of aromatic nitrogens is 3. The normalized spacial score (nSPS) is 10.8. The molecule has 7 heteroatoms. The maximum Gasteiger partial charge on any atom is 0.196 e. The fourth-order valence-electron chi connectivity index (χ4n) is 2.85. The van der Waals surface area contributed by atoms with Gasteiger partial charge in [-0.25, -0.2) is 8.78 Å². The average Bonchev–Trinajstić information content (AvgIpc) is 3.17. The molecule has 4 nitrogen and oxygen atoms in total. The minimum Gasteiger partial charge on any atom is -0.293 e. The SMILES string of the molecule is O=C(CSc1nnc(-c2ccccc2)n1-c1ccc(F)cc1F)c1ccccc1. The van der Waals surface area contributed by atoms with Gasteiger partial charge in [0, 0.05) is 17.2 Å². The number of Topliss-reactive ketones (excluding diaryl/α,β-unsaturated/α-hetero) is 1. The summed E-state index contributed by atoms with van der Waals surface area (Å²) in [6.07, 6.45) is 0. The topological polar surface area (TPSA) is 47.8 Å². The third kappa shape index (κ3) is 4.09. The highest BCUT2D eigenvalue weighted by molar-refractivity contribution is 7.99. The van der Waals surface area contributed by atoms with Gasteiger partial charge in [-0.15, -0.1) is 10.2 Å². The number of thioether (sulfide) groups is 1. The maximum absolute atomic E-state index is 14.6. The van der Waals surface area contributed by atoms with Gasteiger partial charge in [-0.3, -0.25) is 9.36 Å². The molecular weight excluding hydrogens is 392 g/mol. The molecule has 0 saturated carbocycles. The molecule has 0 aliphatic heterocycles. The second kappa shape index (κ2) is 8.36. The van der Waals surface area contributed by atoms with Gasteiger partial charge in [0.2, 0.25) is 0 Å². The van der Waals surface area contributed by atoms with E-state index >= 15 is 0 Å². The van der Waals surface area contributed by atoms with Crippen LogP contribution in [0.15, 0.2) is 84.0 Å². The van der Waals surface area contributed by atoms with Crippen LogP contribution in [0.3, 0.4) is 0 Å². The van der Waals surface area contributed by atoms with E-state index in [1.54, 1.807) is 24.3 Å². The number of rotatable bonds is 6. The summed E-state index contributed by atoms with van der Waals surface area (Å²) >= 11 is 1.15. The van der Waals surface area contributed by atoms with Crippen molar-refractivity contribution in [2.45, 2.75) is 5.16 Å². The van der Waals surface area contributed by atoms with Gasteiger partial charge in [-0.2, -0.15) is 0 Å². The zero-order chi connectivity index (χ0) is 20.2. The van der Waals surface area contributed by atoms with Crippen LogP contribution in [0.1, 0.15) is 10.4 Å². The smallest absolute Gasteiger partial charge is 0.196 e. The first-order valence-electron chi connectivity index (χ1n) is 8.81. The van der Waals surface area contributed by atoms with Crippen LogP contribution < -0.4 is 0 Å². The molecule has 0 amide bonds. The van der Waals surface area contributed by atoms with Gasteiger partial charge in [0.15, 0.2) is 16.8 Å². The van der Waals surface area contributed by atoms with Gasteiger partial charge < -0.3 is 0 Å². The summed E-state index contributed by atoms with van der Waals surface area (Å²) < 4.78 is 29.5. The van der Waals surface area contributed by atoms with Gasteiger partial charge in [-0.05, 0) is 12.1 Å². The lowest BCUT2D eigenvalue weighted by molar-refractivity contribution is 0.102. The Balaban J connectivity index is 1.72. The van der Waals surface area contributed by atoms with Crippen molar-refractivity contribution in [1.82, 2.24) is 14.8 Å². The molecule has 144 valence electrons. The van der Waals surface area contributed by atoms with Gasteiger partial charge in [0.25, 0.3) is 0 Å². The lowest BCUT2D eigenvalue weighted by Crippen LogP contribution is -2.06. The Bertz CT molecular complexity index is 1150. The predicted molar refractivity (Wildman–Crippen MR) is 108 cm³/mol. The van der Waals surface area contributed by atoms with E-state index in [1.165, 1.54) is 16.7 Å². The molecule has 1 heterocycles. The highest BCUT2D eigenvalue weighted by Crippen LogP contribution is 2.29. The molecule has 4 rings (SSSR count). The number of ketones is 1. The zero-order valence-electron chi connectivity index (χ0n) is 15.1. The van der Waals surface area contributed by atoms with Crippen LogP contribution in [-0.4, -0.2) is 26.3 Å². The first-order valence-corrected chi connectivity index (χ1v) is 9.79. The van der Waals surface area contributed by atoms with Gasteiger partial charge in [-0.1, -0.05) is 72.4 Å². The zero-order valence-corrected chi connectivity index (χ0v) is 15.9. The Hall–Kier alpha value is -3.32. The summed E-state index contributed by atoms with van der Waals surface area (Å²) in [5.41, 5.74) is 1.43.